The Morgan fingerprint density at radius 3 is 2.54 bits per heavy atom. The van der Waals surface area contributed by atoms with Gasteiger partial charge in [-0.2, -0.15) is 0 Å². The molecule has 0 aromatic rings. The fourth-order valence-corrected chi connectivity index (χ4v) is 8.19. The molecule has 4 aliphatic carbocycles. The van der Waals surface area contributed by atoms with Crippen LogP contribution >= 0.6 is 0 Å². The van der Waals surface area contributed by atoms with Crippen molar-refractivity contribution in [2.75, 3.05) is 0 Å². The highest BCUT2D eigenvalue weighted by atomic mass is 16.3. The van der Waals surface area contributed by atoms with Crippen molar-refractivity contribution < 1.29 is 10.2 Å². The van der Waals surface area contributed by atoms with Gasteiger partial charge in [0.1, 0.15) is 0 Å². The zero-order valence-corrected chi connectivity index (χ0v) is 17.3. The number of hydrogen-bond acceptors (Lipinski definition) is 2. The lowest BCUT2D eigenvalue weighted by Crippen LogP contribution is -2.57. The molecule has 0 aromatic carbocycles. The lowest BCUT2D eigenvalue weighted by atomic mass is 9.45. The fourth-order valence-electron chi connectivity index (χ4n) is 8.19. The third-order valence-corrected chi connectivity index (χ3v) is 9.74. The summed E-state index contributed by atoms with van der Waals surface area (Å²) in [6.45, 7) is 9.61. The minimum absolute atomic E-state index is 0.0947. The van der Waals surface area contributed by atoms with Gasteiger partial charge in [0.15, 0.2) is 0 Å². The van der Waals surface area contributed by atoms with Crippen molar-refractivity contribution in [2.45, 2.75) is 91.3 Å². The van der Waals surface area contributed by atoms with Gasteiger partial charge in [-0.15, -0.1) is 0 Å². The molecular formula is C24H40O2. The monoisotopic (exact) mass is 360 g/mol. The Balaban J connectivity index is 1.65. The fraction of sp³-hybridized carbons (Fsp3) is 0.917. The summed E-state index contributed by atoms with van der Waals surface area (Å²) in [4.78, 5) is 0. The van der Waals surface area contributed by atoms with Crippen LogP contribution in [0.3, 0.4) is 0 Å². The average Bonchev–Trinajstić information content (AvgIpc) is 2.96. The normalized spacial score (nSPS) is 54.3. The topological polar surface area (TPSA) is 40.5 Å². The summed E-state index contributed by atoms with van der Waals surface area (Å²) in [5.74, 6) is 3.77. The molecule has 0 bridgehead atoms. The Bertz CT molecular complexity index is 556. The van der Waals surface area contributed by atoms with Crippen LogP contribution in [0.1, 0.15) is 79.1 Å². The number of aliphatic hydroxyl groups excluding tert-OH is 2. The Morgan fingerprint density at radius 2 is 1.81 bits per heavy atom. The molecule has 148 valence electrons. The lowest BCUT2D eigenvalue weighted by molar-refractivity contribution is -0.143. The standard InChI is InChI=1S/C24H40O2/c1-5-6-15(2)19-9-10-20-18-8-7-16-13-17(25)11-12-23(16,3)21(18)14-22(26)24(19,20)4/h7-8,15-22,25-26H,5-6,9-14H2,1-4H3/t15-,16-,17-,18+,19-,20+,21+,22+,23+,24-/m1/s1. The Morgan fingerprint density at radius 1 is 1.04 bits per heavy atom. The van der Waals surface area contributed by atoms with E-state index in [4.69, 9.17) is 0 Å². The molecule has 26 heavy (non-hydrogen) atoms. The molecule has 3 fully saturated rings. The van der Waals surface area contributed by atoms with Gasteiger partial charge >= 0.3 is 0 Å². The number of allylic oxidation sites excluding steroid dienone is 2. The van der Waals surface area contributed by atoms with E-state index >= 15 is 0 Å². The molecule has 0 aromatic heterocycles. The van der Waals surface area contributed by atoms with Gasteiger partial charge in [0, 0.05) is 0 Å². The third-order valence-electron chi connectivity index (χ3n) is 9.74. The van der Waals surface area contributed by atoms with Crippen LogP contribution in [0.15, 0.2) is 12.2 Å². The molecule has 2 heteroatoms. The highest BCUT2D eigenvalue weighted by Crippen LogP contribution is 2.66. The van der Waals surface area contributed by atoms with E-state index in [-0.39, 0.29) is 23.0 Å². The molecule has 2 nitrogen and oxygen atoms in total. The molecule has 0 heterocycles. The molecule has 0 amide bonds. The average molecular weight is 361 g/mol. The van der Waals surface area contributed by atoms with Crippen molar-refractivity contribution in [1.82, 2.24) is 0 Å². The number of hydrogen-bond donors (Lipinski definition) is 2. The zero-order valence-electron chi connectivity index (χ0n) is 17.3. The maximum absolute atomic E-state index is 11.4. The van der Waals surface area contributed by atoms with E-state index in [1.807, 2.05) is 0 Å². The molecule has 4 rings (SSSR count). The van der Waals surface area contributed by atoms with Crippen LogP contribution in [-0.4, -0.2) is 22.4 Å². The second kappa shape index (κ2) is 6.62. The summed E-state index contributed by atoms with van der Waals surface area (Å²) in [5.41, 5.74) is 0.367. The summed E-state index contributed by atoms with van der Waals surface area (Å²) in [6.07, 6.45) is 13.8. The molecule has 0 spiro atoms. The zero-order chi connectivity index (χ0) is 18.7. The number of rotatable bonds is 3. The van der Waals surface area contributed by atoms with Gasteiger partial charge in [-0.25, -0.2) is 0 Å². The van der Waals surface area contributed by atoms with Crippen LogP contribution in [0.25, 0.3) is 0 Å². The summed E-state index contributed by atoms with van der Waals surface area (Å²) in [5, 5.41) is 21.6. The second-order valence-electron chi connectivity index (χ2n) is 10.8. The van der Waals surface area contributed by atoms with E-state index in [0.717, 1.165) is 31.6 Å². The summed E-state index contributed by atoms with van der Waals surface area (Å²) in [6, 6.07) is 0. The van der Waals surface area contributed by atoms with Gasteiger partial charge in [-0.3, -0.25) is 0 Å². The molecule has 0 unspecified atom stereocenters. The Hall–Kier alpha value is -0.340. The van der Waals surface area contributed by atoms with E-state index in [2.05, 4.69) is 39.8 Å². The summed E-state index contributed by atoms with van der Waals surface area (Å²) in [7, 11) is 0. The van der Waals surface area contributed by atoms with Crippen LogP contribution < -0.4 is 0 Å². The highest BCUT2D eigenvalue weighted by molar-refractivity contribution is 5.20. The quantitative estimate of drug-likeness (QED) is 0.680. The molecule has 2 N–H and O–H groups in total. The number of aliphatic hydroxyl groups is 2. The molecule has 0 radical (unpaired) electrons. The van der Waals surface area contributed by atoms with Crippen LogP contribution in [0, 0.1) is 46.3 Å². The van der Waals surface area contributed by atoms with Crippen LogP contribution in [-0.2, 0) is 0 Å². The van der Waals surface area contributed by atoms with E-state index < -0.39 is 0 Å². The predicted molar refractivity (Wildman–Crippen MR) is 107 cm³/mol. The molecule has 3 saturated carbocycles. The van der Waals surface area contributed by atoms with Crippen LogP contribution in [0.2, 0.25) is 0 Å². The summed E-state index contributed by atoms with van der Waals surface area (Å²) < 4.78 is 0. The lowest BCUT2D eigenvalue weighted by Gasteiger charge is -2.60. The van der Waals surface area contributed by atoms with E-state index in [1.54, 1.807) is 0 Å². The predicted octanol–water partition coefficient (Wildman–Crippen LogP) is 5.19. The van der Waals surface area contributed by atoms with Gasteiger partial charge in [0.2, 0.25) is 0 Å². The first-order valence-electron chi connectivity index (χ1n) is 11.4. The summed E-state index contributed by atoms with van der Waals surface area (Å²) >= 11 is 0. The first-order chi connectivity index (χ1) is 12.3. The maximum Gasteiger partial charge on any atom is 0.0602 e. The van der Waals surface area contributed by atoms with E-state index in [1.165, 1.54) is 25.7 Å². The van der Waals surface area contributed by atoms with Gasteiger partial charge < -0.3 is 10.2 Å². The van der Waals surface area contributed by atoms with Gasteiger partial charge in [0.25, 0.3) is 0 Å². The third kappa shape index (κ3) is 2.58. The largest absolute Gasteiger partial charge is 0.393 e. The molecule has 0 aliphatic heterocycles. The first-order valence-corrected chi connectivity index (χ1v) is 11.4. The smallest absolute Gasteiger partial charge is 0.0602 e. The highest BCUT2D eigenvalue weighted by Gasteiger charge is 2.62. The van der Waals surface area contributed by atoms with Crippen molar-refractivity contribution in [2.24, 2.45) is 46.3 Å². The van der Waals surface area contributed by atoms with Crippen molar-refractivity contribution >= 4 is 0 Å². The van der Waals surface area contributed by atoms with Crippen molar-refractivity contribution in [1.29, 1.82) is 0 Å². The van der Waals surface area contributed by atoms with Crippen LogP contribution in [0.4, 0.5) is 0 Å². The first kappa shape index (κ1) is 19.0. The van der Waals surface area contributed by atoms with Crippen molar-refractivity contribution in [3.63, 3.8) is 0 Å². The minimum Gasteiger partial charge on any atom is -0.393 e. The molecule has 0 saturated heterocycles. The molecular weight excluding hydrogens is 320 g/mol. The van der Waals surface area contributed by atoms with Crippen LogP contribution in [0.5, 0.6) is 0 Å². The SMILES string of the molecule is CCC[C@@H](C)[C@H]1CC[C@H]2[C@@H]3C=C[C@@H]4C[C@H](O)CC[C@]4(C)[C@H]3C[C@H](O)[C@]12C. The van der Waals surface area contributed by atoms with Gasteiger partial charge in [0.05, 0.1) is 12.2 Å². The Labute approximate surface area is 160 Å². The number of fused-ring (bicyclic) bond motifs is 5. The van der Waals surface area contributed by atoms with Gasteiger partial charge in [-0.1, -0.05) is 52.7 Å². The second-order valence-corrected chi connectivity index (χ2v) is 10.8. The molecule has 4 aliphatic rings. The minimum atomic E-state index is -0.156. The van der Waals surface area contributed by atoms with Crippen molar-refractivity contribution in [3.05, 3.63) is 12.2 Å². The maximum atomic E-state index is 11.4. The van der Waals surface area contributed by atoms with E-state index in [0.29, 0.717) is 29.6 Å². The van der Waals surface area contributed by atoms with E-state index in [9.17, 15) is 10.2 Å². The molecule has 10 atom stereocenters. The van der Waals surface area contributed by atoms with Crippen molar-refractivity contribution in [3.8, 4) is 0 Å². The Kier molecular flexibility index (Phi) is 4.84. The van der Waals surface area contributed by atoms with Gasteiger partial charge in [-0.05, 0) is 84.9 Å².